The van der Waals surface area contributed by atoms with Gasteiger partial charge in [-0.25, -0.2) is 0 Å². The van der Waals surface area contributed by atoms with Crippen molar-refractivity contribution >= 4 is 35.3 Å². The summed E-state index contributed by atoms with van der Waals surface area (Å²) in [6.07, 6.45) is 1.22. The van der Waals surface area contributed by atoms with Crippen LogP contribution in [0.5, 0.6) is 0 Å². The van der Waals surface area contributed by atoms with Gasteiger partial charge in [0.2, 0.25) is 11.8 Å². The molecule has 9 nitrogen and oxygen atoms in total. The Kier molecular flexibility index (Phi) is 4.37. The maximum absolute atomic E-state index is 12.9. The number of carboxylic acids is 1. The molecule has 0 aromatic heterocycles. The summed E-state index contributed by atoms with van der Waals surface area (Å²) in [5.74, 6) is -3.29. The molecule has 1 atom stereocenters. The van der Waals surface area contributed by atoms with E-state index in [2.05, 4.69) is 5.32 Å². The fraction of sp³-hybridized carbons (Fsp3) is 0.421. The van der Waals surface area contributed by atoms with Crippen molar-refractivity contribution in [2.75, 3.05) is 18.0 Å². The van der Waals surface area contributed by atoms with Crippen molar-refractivity contribution in [3.63, 3.8) is 0 Å². The van der Waals surface area contributed by atoms with Gasteiger partial charge in [-0.3, -0.25) is 34.2 Å². The highest BCUT2D eigenvalue weighted by molar-refractivity contribution is 6.23. The smallest absolute Gasteiger partial charge is 0.306 e. The Morgan fingerprint density at radius 2 is 1.68 bits per heavy atom. The molecule has 0 aliphatic carbocycles. The molecule has 2 N–H and O–H groups in total. The van der Waals surface area contributed by atoms with E-state index in [0.717, 1.165) is 10.6 Å². The Morgan fingerprint density at radius 1 is 1.00 bits per heavy atom. The number of hydrogen-bond acceptors (Lipinski definition) is 6. The van der Waals surface area contributed by atoms with Crippen LogP contribution in [0.25, 0.3) is 0 Å². The van der Waals surface area contributed by atoms with Gasteiger partial charge in [-0.1, -0.05) is 0 Å². The van der Waals surface area contributed by atoms with Crippen LogP contribution in [0.4, 0.5) is 5.69 Å². The van der Waals surface area contributed by atoms with Crippen LogP contribution in [-0.4, -0.2) is 58.7 Å². The number of nitrogens with zero attached hydrogens (tertiary/aromatic N) is 2. The van der Waals surface area contributed by atoms with E-state index < -0.39 is 35.6 Å². The van der Waals surface area contributed by atoms with Crippen LogP contribution < -0.4 is 10.2 Å². The van der Waals surface area contributed by atoms with Crippen molar-refractivity contribution in [1.29, 1.82) is 0 Å². The molecule has 3 aliphatic rings. The van der Waals surface area contributed by atoms with Crippen molar-refractivity contribution in [1.82, 2.24) is 10.2 Å². The quantitative estimate of drug-likeness (QED) is 0.721. The van der Waals surface area contributed by atoms with Gasteiger partial charge in [0.05, 0.1) is 17.0 Å². The summed E-state index contributed by atoms with van der Waals surface area (Å²) in [6, 6.07) is 3.95. The predicted octanol–water partition coefficient (Wildman–Crippen LogP) is 0.389. The first-order valence-corrected chi connectivity index (χ1v) is 9.20. The number of nitrogens with one attached hydrogen (secondary N) is 1. The number of fused-ring (bicyclic) bond motifs is 1. The minimum atomic E-state index is -0.986. The molecule has 3 heterocycles. The molecule has 1 aromatic carbocycles. The zero-order chi connectivity index (χ0) is 20.0. The Labute approximate surface area is 160 Å². The molecule has 28 heavy (non-hydrogen) atoms. The molecule has 2 fully saturated rings. The lowest BCUT2D eigenvalue weighted by molar-refractivity contribution is -0.142. The van der Waals surface area contributed by atoms with Gasteiger partial charge in [0, 0.05) is 25.2 Å². The number of carboxylic acid groups (broad SMARTS) is 1. The lowest BCUT2D eigenvalue weighted by atomic mass is 9.96. The standard InChI is InChI=1S/C19H19N3O6/c23-15-4-3-14(16(24)20-15)22-17(25)12-2-1-11(9-13(12)18(22)26)21-7-5-10(6-8-21)19(27)28/h1-2,9-10,14H,3-8H2,(H,27,28)(H,20,23,24). The number of piperidine rings is 2. The molecular formula is C19H19N3O6. The van der Waals surface area contributed by atoms with Crippen molar-refractivity contribution < 1.29 is 29.1 Å². The van der Waals surface area contributed by atoms with Gasteiger partial charge in [0.25, 0.3) is 11.8 Å². The molecule has 9 heteroatoms. The van der Waals surface area contributed by atoms with E-state index in [-0.39, 0.29) is 29.9 Å². The van der Waals surface area contributed by atoms with Crippen molar-refractivity contribution in [2.45, 2.75) is 31.7 Å². The fourth-order valence-electron chi connectivity index (χ4n) is 4.04. The van der Waals surface area contributed by atoms with E-state index in [1.807, 2.05) is 4.90 Å². The van der Waals surface area contributed by atoms with Gasteiger partial charge in [0.15, 0.2) is 0 Å². The Bertz CT molecular complexity index is 903. The molecular weight excluding hydrogens is 366 g/mol. The maximum Gasteiger partial charge on any atom is 0.306 e. The zero-order valence-corrected chi connectivity index (χ0v) is 15.0. The minimum Gasteiger partial charge on any atom is -0.481 e. The number of hydrogen-bond donors (Lipinski definition) is 2. The topological polar surface area (TPSA) is 124 Å². The number of carbonyl (C=O) groups excluding carboxylic acids is 4. The number of aliphatic carboxylic acids is 1. The van der Waals surface area contributed by atoms with Crippen LogP contribution in [0.2, 0.25) is 0 Å². The summed E-state index contributed by atoms with van der Waals surface area (Å²) in [7, 11) is 0. The number of carbonyl (C=O) groups is 5. The molecule has 1 unspecified atom stereocenters. The van der Waals surface area contributed by atoms with E-state index in [9.17, 15) is 24.0 Å². The molecule has 146 valence electrons. The molecule has 4 rings (SSSR count). The van der Waals surface area contributed by atoms with Crippen LogP contribution in [0.1, 0.15) is 46.4 Å². The molecule has 2 saturated heterocycles. The fourth-order valence-corrected chi connectivity index (χ4v) is 4.04. The van der Waals surface area contributed by atoms with Gasteiger partial charge in [0.1, 0.15) is 6.04 Å². The molecule has 1 aromatic rings. The average Bonchev–Trinajstić information content (AvgIpc) is 2.92. The minimum absolute atomic E-state index is 0.0770. The summed E-state index contributed by atoms with van der Waals surface area (Å²) in [5, 5.41) is 11.3. The zero-order valence-electron chi connectivity index (χ0n) is 15.0. The molecule has 0 saturated carbocycles. The first kappa shape index (κ1) is 18.1. The van der Waals surface area contributed by atoms with Gasteiger partial charge in [-0.2, -0.15) is 0 Å². The molecule has 4 amide bonds. The number of imide groups is 2. The van der Waals surface area contributed by atoms with Gasteiger partial charge in [-0.05, 0) is 37.5 Å². The lowest BCUT2D eigenvalue weighted by Crippen LogP contribution is -2.54. The number of amides is 4. The van der Waals surface area contributed by atoms with Gasteiger partial charge < -0.3 is 10.0 Å². The van der Waals surface area contributed by atoms with Crippen LogP contribution in [0, 0.1) is 5.92 Å². The third kappa shape index (κ3) is 2.92. The third-order valence-electron chi connectivity index (χ3n) is 5.63. The molecule has 0 bridgehead atoms. The highest BCUT2D eigenvalue weighted by Gasteiger charge is 2.44. The summed E-state index contributed by atoms with van der Waals surface area (Å²) in [6.45, 7) is 1.10. The first-order valence-electron chi connectivity index (χ1n) is 9.20. The number of rotatable bonds is 3. The monoisotopic (exact) mass is 385 g/mol. The van der Waals surface area contributed by atoms with Crippen LogP contribution in [0.15, 0.2) is 18.2 Å². The summed E-state index contributed by atoms with van der Waals surface area (Å²) < 4.78 is 0. The van der Waals surface area contributed by atoms with Gasteiger partial charge in [-0.15, -0.1) is 0 Å². The molecule has 0 radical (unpaired) electrons. The highest BCUT2D eigenvalue weighted by atomic mass is 16.4. The second-order valence-corrected chi connectivity index (χ2v) is 7.28. The summed E-state index contributed by atoms with van der Waals surface area (Å²) in [4.78, 5) is 63.0. The van der Waals surface area contributed by atoms with Crippen molar-refractivity contribution in [3.8, 4) is 0 Å². The molecule has 0 spiro atoms. The summed E-state index contributed by atoms with van der Waals surface area (Å²) in [5.41, 5.74) is 1.21. The second kappa shape index (κ2) is 6.74. The lowest BCUT2D eigenvalue weighted by Gasteiger charge is -2.32. The van der Waals surface area contributed by atoms with E-state index in [0.29, 0.717) is 25.9 Å². The van der Waals surface area contributed by atoms with Crippen LogP contribution in [-0.2, 0) is 14.4 Å². The molecule has 3 aliphatic heterocycles. The van der Waals surface area contributed by atoms with E-state index in [4.69, 9.17) is 5.11 Å². The normalized spacial score (nSPS) is 23.1. The number of anilines is 1. The number of benzene rings is 1. The third-order valence-corrected chi connectivity index (χ3v) is 5.63. The average molecular weight is 385 g/mol. The first-order chi connectivity index (χ1) is 13.4. The Balaban J connectivity index is 1.55. The summed E-state index contributed by atoms with van der Waals surface area (Å²) >= 11 is 0. The van der Waals surface area contributed by atoms with Crippen LogP contribution in [0.3, 0.4) is 0 Å². The second-order valence-electron chi connectivity index (χ2n) is 7.28. The van der Waals surface area contributed by atoms with E-state index in [1.165, 1.54) is 0 Å². The Morgan fingerprint density at radius 3 is 2.32 bits per heavy atom. The Hall–Kier alpha value is -3.23. The highest BCUT2D eigenvalue weighted by Crippen LogP contribution is 2.32. The van der Waals surface area contributed by atoms with Crippen molar-refractivity contribution in [2.24, 2.45) is 5.92 Å². The van der Waals surface area contributed by atoms with Gasteiger partial charge >= 0.3 is 5.97 Å². The largest absolute Gasteiger partial charge is 0.481 e. The SMILES string of the molecule is O=C1CCC(N2C(=O)c3ccc(N4CCC(C(=O)O)CC4)cc3C2=O)C(=O)N1. The maximum atomic E-state index is 12.9. The van der Waals surface area contributed by atoms with E-state index >= 15 is 0 Å². The van der Waals surface area contributed by atoms with E-state index in [1.54, 1.807) is 18.2 Å². The predicted molar refractivity (Wildman–Crippen MR) is 95.7 cm³/mol. The van der Waals surface area contributed by atoms with Crippen molar-refractivity contribution in [3.05, 3.63) is 29.3 Å². The van der Waals surface area contributed by atoms with Crippen LogP contribution >= 0.6 is 0 Å².